The first-order valence-corrected chi connectivity index (χ1v) is 7.92. The number of nitrogen functional groups attached to an aromatic ring is 1. The molecule has 0 spiro atoms. The molecule has 0 bridgehead atoms. The van der Waals surface area contributed by atoms with Crippen LogP contribution in [0.15, 0.2) is 62.4 Å². The number of aromatic nitrogens is 2. The molecule has 0 unspecified atom stereocenters. The maximum absolute atomic E-state index is 10.8. The maximum Gasteiger partial charge on any atom is 0.287 e. The summed E-state index contributed by atoms with van der Waals surface area (Å²) in [5.74, 6) is 0.454. The molecule has 6 heteroatoms. The molecule has 0 aliphatic rings. The van der Waals surface area contributed by atoms with E-state index < -0.39 is 0 Å². The number of H-pyrrole nitrogens is 1. The second-order valence-corrected chi connectivity index (χ2v) is 4.09. The van der Waals surface area contributed by atoms with Crippen molar-refractivity contribution in [3.63, 3.8) is 0 Å². The Morgan fingerprint density at radius 3 is 1.88 bits per heavy atom. The van der Waals surface area contributed by atoms with Crippen LogP contribution in [0.25, 0.3) is 21.9 Å². The van der Waals surface area contributed by atoms with Gasteiger partial charge in [0.05, 0.1) is 10.8 Å². The Hall–Kier alpha value is -3.02. The monoisotopic (exact) mass is 361 g/mol. The number of anilines is 1. The molecule has 0 aliphatic heterocycles. The van der Waals surface area contributed by atoms with Gasteiger partial charge in [0.1, 0.15) is 0 Å². The molecule has 26 heavy (non-hydrogen) atoms. The molecule has 0 atom stereocenters. The molecule has 3 N–H and O–H groups in total. The number of benzene rings is 2. The molecular weight excluding hydrogens is 330 g/mol. The van der Waals surface area contributed by atoms with E-state index in [4.69, 9.17) is 14.8 Å². The Bertz CT molecular complexity index is 907. The van der Waals surface area contributed by atoms with Gasteiger partial charge in [-0.1, -0.05) is 72.0 Å². The molecule has 0 saturated heterocycles. The van der Waals surface area contributed by atoms with E-state index in [-0.39, 0.29) is 20.4 Å². The summed E-state index contributed by atoms with van der Waals surface area (Å²) in [5.41, 5.74) is 6.64. The number of rotatable bonds is 0. The van der Waals surface area contributed by atoms with Crippen LogP contribution in [0.5, 0.6) is 0 Å². The molecule has 0 amide bonds. The molecule has 0 saturated carbocycles. The van der Waals surface area contributed by atoms with Gasteiger partial charge in [-0.2, -0.15) is 5.16 Å². The third kappa shape index (κ3) is 6.12. The van der Waals surface area contributed by atoms with Gasteiger partial charge in [-0.05, 0) is 24.3 Å². The SMILES string of the molecule is C.C.CC.CC.Nc1noc2ccccc12.O=c1[nH]oc2ccccc12. The van der Waals surface area contributed by atoms with Gasteiger partial charge in [0.15, 0.2) is 17.0 Å². The first-order valence-electron chi connectivity index (χ1n) is 7.92. The normalized spacial score (nSPS) is 8.46. The minimum Gasteiger partial charge on any atom is -0.380 e. The highest BCUT2D eigenvalue weighted by atomic mass is 16.5. The van der Waals surface area contributed by atoms with Gasteiger partial charge in [0, 0.05) is 0 Å². The number of nitrogens with zero attached hydrogens (tertiary/aromatic N) is 1. The molecule has 144 valence electrons. The summed E-state index contributed by atoms with van der Waals surface area (Å²) < 4.78 is 9.68. The van der Waals surface area contributed by atoms with Gasteiger partial charge in [0.2, 0.25) is 0 Å². The Labute approximate surface area is 155 Å². The lowest BCUT2D eigenvalue weighted by Crippen LogP contribution is -1.95. The lowest BCUT2D eigenvalue weighted by molar-refractivity contribution is 0.449. The molecule has 0 aliphatic carbocycles. The molecule has 6 nitrogen and oxygen atoms in total. The quantitative estimate of drug-likeness (QED) is 0.409. The van der Waals surface area contributed by atoms with Crippen molar-refractivity contribution in [2.24, 2.45) is 0 Å². The summed E-state index contributed by atoms with van der Waals surface area (Å²) in [7, 11) is 0. The Morgan fingerprint density at radius 1 is 0.846 bits per heavy atom. The van der Waals surface area contributed by atoms with Crippen molar-refractivity contribution in [3.05, 3.63) is 58.9 Å². The van der Waals surface area contributed by atoms with Gasteiger partial charge in [0.25, 0.3) is 5.56 Å². The van der Waals surface area contributed by atoms with Crippen molar-refractivity contribution in [1.29, 1.82) is 0 Å². The predicted octanol–water partition coefficient (Wildman–Crippen LogP) is 5.86. The predicted molar refractivity (Wildman–Crippen MR) is 111 cm³/mol. The van der Waals surface area contributed by atoms with E-state index in [1.54, 1.807) is 18.2 Å². The van der Waals surface area contributed by atoms with Crippen LogP contribution in [0.1, 0.15) is 42.5 Å². The summed E-state index contributed by atoms with van der Waals surface area (Å²) in [4.78, 5) is 10.8. The van der Waals surface area contributed by atoms with E-state index in [2.05, 4.69) is 10.3 Å². The molecule has 4 rings (SSSR count). The third-order valence-corrected chi connectivity index (χ3v) is 2.79. The minimum absolute atomic E-state index is 0. The van der Waals surface area contributed by atoms with Crippen molar-refractivity contribution < 1.29 is 9.05 Å². The highest BCUT2D eigenvalue weighted by molar-refractivity contribution is 5.86. The largest absolute Gasteiger partial charge is 0.380 e. The van der Waals surface area contributed by atoms with Crippen LogP contribution in [0.2, 0.25) is 0 Å². The molecule has 4 aromatic rings. The Kier molecular flexibility index (Phi) is 12.9. The third-order valence-electron chi connectivity index (χ3n) is 2.79. The van der Waals surface area contributed by atoms with Gasteiger partial charge in [-0.25, -0.2) is 0 Å². The van der Waals surface area contributed by atoms with E-state index in [0.717, 1.165) is 11.0 Å². The maximum atomic E-state index is 10.8. The average molecular weight is 361 g/mol. The molecule has 0 fully saturated rings. The van der Waals surface area contributed by atoms with E-state index in [0.29, 0.717) is 16.8 Å². The number of fused-ring (bicyclic) bond motifs is 2. The Balaban J connectivity index is 0. The zero-order chi connectivity index (χ0) is 17.9. The average Bonchev–Trinajstić information content (AvgIpc) is 3.23. The van der Waals surface area contributed by atoms with Gasteiger partial charge < -0.3 is 14.8 Å². The molecule has 0 radical (unpaired) electrons. The van der Waals surface area contributed by atoms with Crippen LogP contribution < -0.4 is 11.3 Å². The Morgan fingerprint density at radius 2 is 1.35 bits per heavy atom. The van der Waals surface area contributed by atoms with E-state index in [9.17, 15) is 4.79 Å². The standard InChI is InChI=1S/C7H6N2O.C7H5NO2.2C2H6.2CH4/c8-7-5-3-1-2-4-6(5)10-9-7;9-7-5-3-1-2-4-6(5)10-8-7;2*1-2;;/h1-4H,(H2,8,9);1-4H,(H,8,9);2*1-2H3;2*1H4. The zero-order valence-corrected chi connectivity index (χ0v) is 14.4. The topological polar surface area (TPSA) is 98.0 Å². The second-order valence-electron chi connectivity index (χ2n) is 4.09. The lowest BCUT2D eigenvalue weighted by atomic mass is 10.2. The lowest BCUT2D eigenvalue weighted by Gasteiger charge is -1.82. The van der Waals surface area contributed by atoms with Crippen LogP contribution in [0.3, 0.4) is 0 Å². The molecule has 2 aromatic heterocycles. The minimum atomic E-state index is -0.171. The number of hydrogen-bond acceptors (Lipinski definition) is 5. The van der Waals surface area contributed by atoms with Crippen molar-refractivity contribution in [3.8, 4) is 0 Å². The first kappa shape index (κ1) is 25.2. The summed E-state index contributed by atoms with van der Waals surface area (Å²) in [5, 5.41) is 7.32. The fraction of sp³-hybridized carbons (Fsp3) is 0.300. The second kappa shape index (κ2) is 13.3. The highest BCUT2D eigenvalue weighted by Gasteiger charge is 2.00. The fourth-order valence-corrected chi connectivity index (χ4v) is 1.80. The summed E-state index contributed by atoms with van der Waals surface area (Å²) in [6.07, 6.45) is 0. The van der Waals surface area contributed by atoms with Gasteiger partial charge in [-0.15, -0.1) is 0 Å². The van der Waals surface area contributed by atoms with Crippen molar-refractivity contribution in [2.45, 2.75) is 42.5 Å². The molecular formula is C20H31N3O3. The van der Waals surface area contributed by atoms with E-state index in [1.165, 1.54) is 0 Å². The summed E-state index contributed by atoms with van der Waals surface area (Å²) in [6, 6.07) is 14.6. The van der Waals surface area contributed by atoms with E-state index >= 15 is 0 Å². The fourth-order valence-electron chi connectivity index (χ4n) is 1.80. The van der Waals surface area contributed by atoms with Crippen LogP contribution in [-0.2, 0) is 0 Å². The van der Waals surface area contributed by atoms with Crippen LogP contribution in [-0.4, -0.2) is 10.3 Å². The zero-order valence-electron chi connectivity index (χ0n) is 14.4. The number of nitrogens with one attached hydrogen (secondary N) is 1. The smallest absolute Gasteiger partial charge is 0.287 e. The first-order chi connectivity index (χ1) is 11.8. The number of para-hydroxylation sites is 2. The highest BCUT2D eigenvalue weighted by Crippen LogP contribution is 2.18. The van der Waals surface area contributed by atoms with Crippen molar-refractivity contribution >= 4 is 27.8 Å². The van der Waals surface area contributed by atoms with Crippen LogP contribution in [0.4, 0.5) is 5.82 Å². The van der Waals surface area contributed by atoms with Crippen LogP contribution in [0, 0.1) is 0 Å². The van der Waals surface area contributed by atoms with Crippen LogP contribution >= 0.6 is 0 Å². The summed E-state index contributed by atoms with van der Waals surface area (Å²) >= 11 is 0. The van der Waals surface area contributed by atoms with Gasteiger partial charge in [-0.3, -0.25) is 4.79 Å². The van der Waals surface area contributed by atoms with Crippen molar-refractivity contribution in [1.82, 2.24) is 10.3 Å². The number of aromatic amines is 1. The summed E-state index contributed by atoms with van der Waals surface area (Å²) in [6.45, 7) is 8.00. The van der Waals surface area contributed by atoms with Gasteiger partial charge >= 0.3 is 0 Å². The number of hydrogen-bond donors (Lipinski definition) is 2. The molecule has 2 heterocycles. The number of nitrogens with two attached hydrogens (primary N) is 1. The van der Waals surface area contributed by atoms with Crippen molar-refractivity contribution in [2.75, 3.05) is 5.73 Å². The van der Waals surface area contributed by atoms with E-state index in [1.807, 2.05) is 58.0 Å². The molecule has 2 aromatic carbocycles.